The van der Waals surface area contributed by atoms with Crippen LogP contribution in [0.3, 0.4) is 0 Å². The first-order chi connectivity index (χ1) is 14.8. The Labute approximate surface area is 190 Å². The van der Waals surface area contributed by atoms with Gasteiger partial charge in [0.25, 0.3) is 0 Å². The summed E-state index contributed by atoms with van der Waals surface area (Å²) in [4.78, 5) is 42.9. The van der Waals surface area contributed by atoms with Crippen LogP contribution >= 0.6 is 0 Å². The highest BCUT2D eigenvalue weighted by Gasteiger charge is 2.75. The van der Waals surface area contributed by atoms with Crippen LogP contribution in [0.5, 0.6) is 0 Å². The number of fused-ring (bicyclic) bond motifs is 1. The third-order valence-electron chi connectivity index (χ3n) is 7.15. The minimum absolute atomic E-state index is 0.0389. The number of amides is 2. The lowest BCUT2D eigenvalue weighted by molar-refractivity contribution is -0.153. The monoisotopic (exact) mass is 450 g/mol. The number of aliphatic carboxylic acids is 1. The van der Waals surface area contributed by atoms with Gasteiger partial charge in [-0.15, -0.1) is 6.58 Å². The summed E-state index contributed by atoms with van der Waals surface area (Å²) in [7, 11) is 0. The molecule has 3 rings (SSSR count). The average Bonchev–Trinajstić information content (AvgIpc) is 3.29. The van der Waals surface area contributed by atoms with Crippen LogP contribution in [0.15, 0.2) is 12.7 Å². The largest absolute Gasteiger partial charge is 0.481 e. The van der Waals surface area contributed by atoms with Crippen molar-refractivity contribution in [2.24, 2.45) is 17.3 Å². The maximum Gasteiger partial charge on any atom is 0.310 e. The summed E-state index contributed by atoms with van der Waals surface area (Å²) in [5.41, 5.74) is -1.69. The smallest absolute Gasteiger partial charge is 0.310 e. The van der Waals surface area contributed by atoms with Crippen molar-refractivity contribution in [1.82, 2.24) is 9.80 Å². The Morgan fingerprint density at radius 3 is 2.50 bits per heavy atom. The van der Waals surface area contributed by atoms with E-state index in [-0.39, 0.29) is 30.4 Å². The molecule has 32 heavy (non-hydrogen) atoms. The zero-order valence-corrected chi connectivity index (χ0v) is 20.0. The Morgan fingerprint density at radius 2 is 1.97 bits per heavy atom. The number of carboxylic acids is 1. The van der Waals surface area contributed by atoms with E-state index in [1.165, 1.54) is 4.90 Å². The van der Waals surface area contributed by atoms with Crippen molar-refractivity contribution in [1.29, 1.82) is 0 Å². The van der Waals surface area contributed by atoms with Crippen LogP contribution in [0, 0.1) is 17.3 Å². The second-order valence-electron chi connectivity index (χ2n) is 11.3. The molecular formula is C24H38N2O6. The van der Waals surface area contributed by atoms with Crippen LogP contribution in [0.25, 0.3) is 0 Å². The Balaban J connectivity index is 2.05. The fourth-order valence-electron chi connectivity index (χ4n) is 6.50. The molecule has 0 aromatic rings. The third kappa shape index (κ3) is 3.96. The van der Waals surface area contributed by atoms with Gasteiger partial charge in [0.15, 0.2) is 0 Å². The van der Waals surface area contributed by atoms with Crippen molar-refractivity contribution in [3.8, 4) is 0 Å². The van der Waals surface area contributed by atoms with Crippen molar-refractivity contribution in [2.75, 3.05) is 19.7 Å². The van der Waals surface area contributed by atoms with Crippen LogP contribution in [0.2, 0.25) is 0 Å². The molecule has 3 heterocycles. The van der Waals surface area contributed by atoms with E-state index in [1.807, 2.05) is 13.8 Å². The summed E-state index contributed by atoms with van der Waals surface area (Å²) in [6.07, 6.45) is 3.17. The maximum absolute atomic E-state index is 14.2. The Morgan fingerprint density at radius 1 is 1.31 bits per heavy atom. The Hall–Kier alpha value is -1.93. The molecule has 8 heteroatoms. The van der Waals surface area contributed by atoms with Gasteiger partial charge >= 0.3 is 5.97 Å². The standard InChI is InChI=1S/C24H38N2O6/c1-7-11-26(23(5,6)14-22(2,3)4)20(29)18-24-10-9-15(32-24)16(21(30)31)17(24)19(28)25(18)12-8-13-27/h7,15-18,27H,1,8-14H2,2-6H3,(H,30,31)/t15-,16+,17+,18?,24?/m1/s1. The van der Waals surface area contributed by atoms with Crippen LogP contribution in [-0.4, -0.2) is 80.8 Å². The average molecular weight is 451 g/mol. The van der Waals surface area contributed by atoms with E-state index in [0.29, 0.717) is 25.8 Å². The molecular weight excluding hydrogens is 412 g/mol. The number of carbonyl (C=O) groups excluding carboxylic acids is 2. The predicted octanol–water partition coefficient (Wildman–Crippen LogP) is 2.06. The van der Waals surface area contributed by atoms with Crippen LogP contribution in [0.1, 0.15) is 60.3 Å². The molecule has 3 saturated heterocycles. The fourth-order valence-corrected chi connectivity index (χ4v) is 6.50. The first-order valence-electron chi connectivity index (χ1n) is 11.5. The number of hydrogen-bond donors (Lipinski definition) is 2. The number of likely N-dealkylation sites (tertiary alicyclic amines) is 1. The summed E-state index contributed by atoms with van der Waals surface area (Å²) in [5.74, 6) is -3.46. The van der Waals surface area contributed by atoms with Gasteiger partial charge in [0.2, 0.25) is 11.8 Å². The van der Waals surface area contributed by atoms with E-state index in [4.69, 9.17) is 4.74 Å². The van der Waals surface area contributed by atoms with Gasteiger partial charge in [-0.05, 0) is 44.9 Å². The van der Waals surface area contributed by atoms with Gasteiger partial charge in [0.05, 0.1) is 17.9 Å². The molecule has 5 atom stereocenters. The Kier molecular flexibility index (Phi) is 6.52. The van der Waals surface area contributed by atoms with Crippen LogP contribution in [-0.2, 0) is 19.1 Å². The summed E-state index contributed by atoms with van der Waals surface area (Å²) < 4.78 is 6.23. The molecule has 180 valence electrons. The van der Waals surface area contributed by atoms with E-state index in [0.717, 1.165) is 6.42 Å². The summed E-state index contributed by atoms with van der Waals surface area (Å²) in [5, 5.41) is 19.2. The molecule has 3 aliphatic rings. The van der Waals surface area contributed by atoms with Gasteiger partial charge < -0.3 is 24.7 Å². The van der Waals surface area contributed by atoms with Gasteiger partial charge in [-0.2, -0.15) is 0 Å². The van der Waals surface area contributed by atoms with E-state index < -0.39 is 41.1 Å². The second kappa shape index (κ2) is 8.45. The minimum Gasteiger partial charge on any atom is -0.481 e. The quantitative estimate of drug-likeness (QED) is 0.521. The van der Waals surface area contributed by atoms with Gasteiger partial charge in [-0.25, -0.2) is 0 Å². The van der Waals surface area contributed by atoms with Crippen LogP contribution < -0.4 is 0 Å². The lowest BCUT2D eigenvalue weighted by atomic mass is 9.70. The minimum atomic E-state index is -1.13. The SMILES string of the molecule is C=CCN(C(=O)C1N(CCCO)C(=O)[C@@H]2[C@@H](C(=O)O)[C@H]3CCC12O3)C(C)(C)CC(C)(C)C. The number of ether oxygens (including phenoxy) is 1. The predicted molar refractivity (Wildman–Crippen MR) is 119 cm³/mol. The number of hydrogen-bond acceptors (Lipinski definition) is 5. The van der Waals surface area contributed by atoms with E-state index in [2.05, 4.69) is 27.4 Å². The van der Waals surface area contributed by atoms with Crippen molar-refractivity contribution in [2.45, 2.75) is 83.6 Å². The lowest BCUT2D eigenvalue weighted by Crippen LogP contribution is -2.61. The molecule has 2 amide bonds. The molecule has 1 spiro atoms. The first-order valence-corrected chi connectivity index (χ1v) is 11.5. The highest BCUT2D eigenvalue weighted by molar-refractivity contribution is 5.98. The van der Waals surface area contributed by atoms with Crippen molar-refractivity contribution >= 4 is 17.8 Å². The van der Waals surface area contributed by atoms with Crippen molar-refractivity contribution in [3.63, 3.8) is 0 Å². The molecule has 2 unspecified atom stereocenters. The molecule has 3 fully saturated rings. The summed E-state index contributed by atoms with van der Waals surface area (Å²) >= 11 is 0. The zero-order valence-electron chi connectivity index (χ0n) is 20.0. The van der Waals surface area contributed by atoms with Crippen molar-refractivity contribution < 1.29 is 29.3 Å². The molecule has 0 aromatic heterocycles. The molecule has 8 nitrogen and oxygen atoms in total. The van der Waals surface area contributed by atoms with E-state index >= 15 is 0 Å². The van der Waals surface area contributed by atoms with Gasteiger partial charge in [0.1, 0.15) is 11.6 Å². The number of aliphatic hydroxyl groups is 1. The highest BCUT2D eigenvalue weighted by atomic mass is 16.5. The molecule has 2 bridgehead atoms. The molecule has 3 aliphatic heterocycles. The Bertz CT molecular complexity index is 788. The molecule has 0 aromatic carbocycles. The molecule has 2 N–H and O–H groups in total. The van der Waals surface area contributed by atoms with Crippen LogP contribution in [0.4, 0.5) is 0 Å². The first kappa shape index (κ1) is 24.7. The highest BCUT2D eigenvalue weighted by Crippen LogP contribution is 2.58. The number of aliphatic hydroxyl groups excluding tert-OH is 1. The van der Waals surface area contributed by atoms with E-state index in [1.54, 1.807) is 11.0 Å². The zero-order chi connectivity index (χ0) is 24.1. The number of rotatable bonds is 9. The third-order valence-corrected chi connectivity index (χ3v) is 7.15. The molecule has 0 radical (unpaired) electrons. The molecule has 0 saturated carbocycles. The second-order valence-corrected chi connectivity index (χ2v) is 11.3. The lowest BCUT2D eigenvalue weighted by Gasteiger charge is -2.45. The normalized spacial score (nSPS) is 31.7. The van der Waals surface area contributed by atoms with Gasteiger partial charge in [-0.1, -0.05) is 26.8 Å². The van der Waals surface area contributed by atoms with Gasteiger partial charge in [-0.3, -0.25) is 14.4 Å². The number of carbonyl (C=O) groups is 3. The fraction of sp³-hybridized carbons (Fsp3) is 0.792. The summed E-state index contributed by atoms with van der Waals surface area (Å²) in [6.45, 7) is 14.6. The molecule has 0 aliphatic carbocycles. The van der Waals surface area contributed by atoms with E-state index in [9.17, 15) is 24.6 Å². The van der Waals surface area contributed by atoms with Crippen molar-refractivity contribution in [3.05, 3.63) is 12.7 Å². The maximum atomic E-state index is 14.2. The van der Waals surface area contributed by atoms with Gasteiger partial charge in [0, 0.05) is 25.2 Å². The number of carboxylic acid groups (broad SMARTS) is 1. The summed E-state index contributed by atoms with van der Waals surface area (Å²) in [6, 6.07) is -0.903. The number of nitrogens with zero attached hydrogens (tertiary/aromatic N) is 2. The topological polar surface area (TPSA) is 107 Å².